The Hall–Kier alpha value is -1.33. The third-order valence-corrected chi connectivity index (χ3v) is 5.64. The maximum atomic E-state index is 12.4. The van der Waals surface area contributed by atoms with Crippen LogP contribution in [0.3, 0.4) is 0 Å². The van der Waals surface area contributed by atoms with Gasteiger partial charge in [0.2, 0.25) is 0 Å². The van der Waals surface area contributed by atoms with Crippen LogP contribution in [0.4, 0.5) is 0 Å². The van der Waals surface area contributed by atoms with Crippen LogP contribution in [-0.2, 0) is 15.3 Å². The summed E-state index contributed by atoms with van der Waals surface area (Å²) < 4.78 is 6.58. The Balaban J connectivity index is 2.61. The van der Waals surface area contributed by atoms with E-state index in [9.17, 15) is 9.59 Å². The van der Waals surface area contributed by atoms with Gasteiger partial charge in [0.1, 0.15) is 13.2 Å². The lowest BCUT2D eigenvalue weighted by molar-refractivity contribution is -0.926. The first-order valence-corrected chi connectivity index (χ1v) is 10.7. The smallest absolute Gasteiger partial charge is 0.338 e. The van der Waals surface area contributed by atoms with Crippen molar-refractivity contribution in [3.05, 3.63) is 35.4 Å². The summed E-state index contributed by atoms with van der Waals surface area (Å²) in [6.45, 7) is 12.9. The topological polar surface area (TPSA) is 43.4 Å². The summed E-state index contributed by atoms with van der Waals surface area (Å²) >= 11 is 1.25. The Kier molecular flexibility index (Phi) is 10.6. The van der Waals surface area contributed by atoms with Crippen LogP contribution in [0.2, 0.25) is 0 Å². The monoisotopic (exact) mass is 380 g/mol. The summed E-state index contributed by atoms with van der Waals surface area (Å²) in [5.41, 5.74) is 1.53. The fourth-order valence-electron chi connectivity index (χ4n) is 3.17. The molecule has 1 unspecified atom stereocenters. The number of benzene rings is 1. The third kappa shape index (κ3) is 7.92. The lowest BCUT2D eigenvalue weighted by Crippen LogP contribution is -2.51. The number of carbonyl (C=O) groups excluding carboxylic acids is 2. The van der Waals surface area contributed by atoms with Gasteiger partial charge in [0, 0.05) is 12.7 Å². The summed E-state index contributed by atoms with van der Waals surface area (Å²) in [7, 11) is 0. The lowest BCUT2D eigenvalue weighted by Gasteiger charge is -2.37. The number of hydrogen-bond acceptors (Lipinski definition) is 4. The van der Waals surface area contributed by atoms with E-state index in [-0.39, 0.29) is 11.1 Å². The first-order valence-electron chi connectivity index (χ1n) is 9.70. The zero-order valence-electron chi connectivity index (χ0n) is 16.8. The fraction of sp³-hybridized carbons (Fsp3) is 0.619. The maximum Gasteiger partial charge on any atom is 0.338 e. The van der Waals surface area contributed by atoms with Crippen LogP contribution < -0.4 is 0 Å². The number of ether oxygens (including phenoxy) is 1. The number of thioether (sulfide) groups is 1. The number of quaternary nitrogens is 1. The van der Waals surface area contributed by atoms with Crippen molar-refractivity contribution in [1.29, 1.82) is 0 Å². The molecule has 1 aromatic carbocycles. The van der Waals surface area contributed by atoms with Gasteiger partial charge in [-0.2, -0.15) is 0 Å². The van der Waals surface area contributed by atoms with Gasteiger partial charge in [-0.3, -0.25) is 4.79 Å². The van der Waals surface area contributed by atoms with Gasteiger partial charge in [-0.25, -0.2) is 4.79 Å². The van der Waals surface area contributed by atoms with Crippen LogP contribution in [0.1, 0.15) is 62.9 Å². The third-order valence-electron chi connectivity index (χ3n) is 4.76. The van der Waals surface area contributed by atoms with E-state index in [4.69, 9.17) is 4.74 Å². The van der Waals surface area contributed by atoms with Gasteiger partial charge in [-0.05, 0) is 37.5 Å². The molecule has 0 aromatic heterocycles. The van der Waals surface area contributed by atoms with Crippen molar-refractivity contribution in [2.24, 2.45) is 0 Å². The Morgan fingerprint density at radius 3 is 2.46 bits per heavy atom. The van der Waals surface area contributed by atoms with Gasteiger partial charge in [-0.1, -0.05) is 44.2 Å². The second kappa shape index (κ2) is 12.1. The van der Waals surface area contributed by atoms with E-state index in [1.807, 2.05) is 18.2 Å². The highest BCUT2D eigenvalue weighted by Crippen LogP contribution is 2.15. The van der Waals surface area contributed by atoms with Gasteiger partial charge in [0.25, 0.3) is 0 Å². The molecule has 26 heavy (non-hydrogen) atoms. The molecular formula is C21H34NO3S+. The van der Waals surface area contributed by atoms with Crippen molar-refractivity contribution in [2.45, 2.75) is 52.7 Å². The van der Waals surface area contributed by atoms with Crippen molar-refractivity contribution in [1.82, 2.24) is 0 Å². The molecular weight excluding hydrogens is 346 g/mol. The van der Waals surface area contributed by atoms with Crippen molar-refractivity contribution >= 4 is 22.8 Å². The number of carbonyl (C=O) groups is 2. The molecule has 1 rings (SSSR count). The highest BCUT2D eigenvalue weighted by molar-refractivity contribution is 8.12. The Labute approximate surface area is 162 Å². The molecule has 146 valence electrons. The average molecular weight is 381 g/mol. The van der Waals surface area contributed by atoms with E-state index in [2.05, 4.69) is 20.8 Å². The summed E-state index contributed by atoms with van der Waals surface area (Å²) in [6, 6.07) is 7.37. The van der Waals surface area contributed by atoms with Crippen LogP contribution in [0.15, 0.2) is 24.3 Å². The van der Waals surface area contributed by atoms with Gasteiger partial charge >= 0.3 is 5.97 Å². The fourth-order valence-corrected chi connectivity index (χ4v) is 3.72. The Morgan fingerprint density at radius 2 is 1.85 bits per heavy atom. The Bertz CT molecular complexity index is 576. The number of likely N-dealkylation sites (N-methyl/N-ethyl adjacent to an activating group) is 1. The minimum absolute atomic E-state index is 0.0784. The maximum absolute atomic E-state index is 12.4. The molecule has 0 radical (unpaired) electrons. The number of nitrogens with zero attached hydrogens (tertiary/aromatic N) is 1. The largest absolute Gasteiger partial charge is 0.456 e. The highest BCUT2D eigenvalue weighted by atomic mass is 32.2. The Morgan fingerprint density at radius 1 is 1.08 bits per heavy atom. The first-order chi connectivity index (χ1) is 12.5. The molecule has 0 bridgehead atoms. The van der Waals surface area contributed by atoms with E-state index in [1.165, 1.54) is 24.6 Å². The quantitative estimate of drug-likeness (QED) is 0.390. The van der Waals surface area contributed by atoms with Gasteiger partial charge in [-0.15, -0.1) is 0 Å². The molecule has 0 saturated heterocycles. The van der Waals surface area contributed by atoms with Crippen LogP contribution in [-0.4, -0.2) is 48.4 Å². The van der Waals surface area contributed by atoms with Crippen LogP contribution in [0.25, 0.3) is 0 Å². The van der Waals surface area contributed by atoms with Gasteiger partial charge in [0.15, 0.2) is 5.12 Å². The molecule has 0 aliphatic rings. The van der Waals surface area contributed by atoms with E-state index >= 15 is 0 Å². The zero-order valence-corrected chi connectivity index (χ0v) is 17.6. The normalized spacial score (nSPS) is 13.2. The van der Waals surface area contributed by atoms with Crippen molar-refractivity contribution in [2.75, 3.05) is 32.8 Å². The summed E-state index contributed by atoms with van der Waals surface area (Å²) in [5, 5.41) is 0.0784. The summed E-state index contributed by atoms with van der Waals surface area (Å²) in [6.07, 6.45) is 3.54. The summed E-state index contributed by atoms with van der Waals surface area (Å²) in [4.78, 5) is 23.5. The first kappa shape index (κ1) is 22.7. The minimum atomic E-state index is -0.277. The zero-order chi connectivity index (χ0) is 19.4. The van der Waals surface area contributed by atoms with Crippen LogP contribution in [0, 0.1) is 0 Å². The minimum Gasteiger partial charge on any atom is -0.456 e. The molecule has 5 heteroatoms. The van der Waals surface area contributed by atoms with E-state index in [1.54, 1.807) is 13.0 Å². The number of unbranched alkanes of at least 4 members (excludes halogenated alkanes) is 1. The predicted octanol–water partition coefficient (Wildman–Crippen LogP) is 4.67. The molecule has 0 aliphatic carbocycles. The molecule has 1 atom stereocenters. The highest BCUT2D eigenvalue weighted by Gasteiger charge is 2.24. The number of hydrogen-bond donors (Lipinski definition) is 0. The standard InChI is InChI=1S/C21H34NO3S/c1-5-8-13-22(7-3,12-6-2)14-15-25-21(24)20-11-9-10-19(16-20)17-26-18(4)23/h9-11,16H,5-8,12-15,17H2,1-4H3/q+1. The van der Waals surface area contributed by atoms with E-state index < -0.39 is 0 Å². The average Bonchev–Trinajstić information content (AvgIpc) is 2.64. The second-order valence-electron chi connectivity index (χ2n) is 6.80. The molecule has 4 nitrogen and oxygen atoms in total. The van der Waals surface area contributed by atoms with Crippen molar-refractivity contribution in [3.8, 4) is 0 Å². The van der Waals surface area contributed by atoms with E-state index in [0.29, 0.717) is 17.9 Å². The molecule has 0 aliphatic heterocycles. The van der Waals surface area contributed by atoms with Gasteiger partial charge in [0.05, 0.1) is 25.2 Å². The van der Waals surface area contributed by atoms with Crippen LogP contribution >= 0.6 is 11.8 Å². The SMILES string of the molecule is CCCC[N+](CC)(CCC)CCOC(=O)c1cccc(CSC(C)=O)c1. The number of esters is 1. The molecule has 0 N–H and O–H groups in total. The van der Waals surface area contributed by atoms with Crippen LogP contribution in [0.5, 0.6) is 0 Å². The lowest BCUT2D eigenvalue weighted by atomic mass is 10.1. The predicted molar refractivity (Wildman–Crippen MR) is 109 cm³/mol. The second-order valence-corrected chi connectivity index (χ2v) is 7.95. The molecule has 0 amide bonds. The van der Waals surface area contributed by atoms with Crippen molar-refractivity contribution in [3.63, 3.8) is 0 Å². The van der Waals surface area contributed by atoms with E-state index in [0.717, 1.165) is 42.6 Å². The molecule has 0 spiro atoms. The molecule has 0 heterocycles. The summed E-state index contributed by atoms with van der Waals surface area (Å²) in [5.74, 6) is 0.306. The number of rotatable bonds is 12. The molecule has 0 saturated carbocycles. The molecule has 1 aromatic rings. The molecule has 0 fully saturated rings. The van der Waals surface area contributed by atoms with Crippen molar-refractivity contribution < 1.29 is 18.8 Å². The van der Waals surface area contributed by atoms with Gasteiger partial charge < -0.3 is 9.22 Å².